The molecule has 3 rings (SSSR count). The first-order valence-corrected chi connectivity index (χ1v) is 9.16. The second-order valence-electron chi connectivity index (χ2n) is 5.93. The number of aromatic nitrogens is 2. The van der Waals surface area contributed by atoms with Crippen LogP contribution in [0, 0.1) is 5.92 Å². The van der Waals surface area contributed by atoms with Crippen LogP contribution in [0.2, 0.25) is 0 Å². The molecule has 0 saturated heterocycles. The number of nitrogens with one attached hydrogen (secondary N) is 1. The van der Waals surface area contributed by atoms with E-state index in [1.165, 1.54) is 48.6 Å². The van der Waals surface area contributed by atoms with Gasteiger partial charge in [-0.15, -0.1) is 11.8 Å². The fourth-order valence-corrected chi connectivity index (χ4v) is 4.28. The summed E-state index contributed by atoms with van der Waals surface area (Å²) in [7, 11) is 0. The summed E-state index contributed by atoms with van der Waals surface area (Å²) >= 11 is 1.96. The third-order valence-corrected chi connectivity index (χ3v) is 5.48. The molecule has 0 radical (unpaired) electrons. The Bertz CT molecular complexity index is 572. The van der Waals surface area contributed by atoms with Crippen LogP contribution in [-0.2, 0) is 6.54 Å². The molecular formula is C17H25N3S. The van der Waals surface area contributed by atoms with Crippen molar-refractivity contribution in [2.75, 3.05) is 12.3 Å². The van der Waals surface area contributed by atoms with E-state index in [-0.39, 0.29) is 0 Å². The van der Waals surface area contributed by atoms with Gasteiger partial charge < -0.3 is 9.72 Å². The van der Waals surface area contributed by atoms with Gasteiger partial charge in [0.15, 0.2) is 0 Å². The first kappa shape index (κ1) is 14.9. The maximum Gasteiger partial charge on any atom is 0.138 e. The molecule has 0 aromatic carbocycles. The van der Waals surface area contributed by atoms with Crippen molar-refractivity contribution >= 4 is 17.4 Å². The Morgan fingerprint density at radius 1 is 1.33 bits per heavy atom. The highest BCUT2D eigenvalue weighted by Gasteiger charge is 2.18. The van der Waals surface area contributed by atoms with Crippen LogP contribution in [-0.4, -0.2) is 21.7 Å². The van der Waals surface area contributed by atoms with E-state index in [0.717, 1.165) is 24.7 Å². The smallest absolute Gasteiger partial charge is 0.138 e. The second-order valence-corrected chi connectivity index (χ2v) is 6.94. The highest BCUT2D eigenvalue weighted by molar-refractivity contribution is 7.99. The number of pyridine rings is 1. The molecule has 0 unspecified atom stereocenters. The molecule has 2 aromatic heterocycles. The average Bonchev–Trinajstić information content (AvgIpc) is 3.13. The van der Waals surface area contributed by atoms with Gasteiger partial charge in [-0.25, -0.2) is 4.98 Å². The van der Waals surface area contributed by atoms with Crippen molar-refractivity contribution in [3.8, 4) is 0 Å². The minimum Gasteiger partial charge on any atom is -0.311 e. The summed E-state index contributed by atoms with van der Waals surface area (Å²) in [5, 5.41) is 4.74. The van der Waals surface area contributed by atoms with Gasteiger partial charge in [-0.2, -0.15) is 0 Å². The molecule has 3 nitrogen and oxygen atoms in total. The molecule has 0 bridgehead atoms. The van der Waals surface area contributed by atoms with Crippen LogP contribution in [0.4, 0.5) is 0 Å². The third-order valence-electron chi connectivity index (χ3n) is 4.24. The standard InChI is InChI=1S/C17H25N3S/c1-2-10-18-12-15-17(21-13-14-7-3-4-8-14)19-16-9-5-6-11-20(15)16/h5-6,9,11,14,18H,2-4,7-8,10,12-13H2,1H3. The largest absolute Gasteiger partial charge is 0.311 e. The van der Waals surface area contributed by atoms with Crippen LogP contribution in [0.15, 0.2) is 29.4 Å². The average molecular weight is 303 g/mol. The lowest BCUT2D eigenvalue weighted by molar-refractivity contribution is 0.621. The first-order valence-electron chi connectivity index (χ1n) is 8.18. The van der Waals surface area contributed by atoms with Gasteiger partial charge in [0, 0.05) is 18.5 Å². The van der Waals surface area contributed by atoms with E-state index in [9.17, 15) is 0 Å². The summed E-state index contributed by atoms with van der Waals surface area (Å²) in [5.41, 5.74) is 2.39. The Labute approximate surface area is 131 Å². The number of rotatable bonds is 7. The molecule has 1 saturated carbocycles. The Hall–Kier alpha value is -1.00. The van der Waals surface area contributed by atoms with Crippen molar-refractivity contribution in [1.29, 1.82) is 0 Å². The minimum atomic E-state index is 0.899. The van der Waals surface area contributed by atoms with Gasteiger partial charge in [0.1, 0.15) is 10.7 Å². The molecule has 1 aliphatic carbocycles. The topological polar surface area (TPSA) is 29.3 Å². The zero-order valence-corrected chi connectivity index (χ0v) is 13.7. The van der Waals surface area contributed by atoms with E-state index in [1.54, 1.807) is 0 Å². The second kappa shape index (κ2) is 7.32. The molecule has 1 N–H and O–H groups in total. The van der Waals surface area contributed by atoms with Crippen molar-refractivity contribution in [1.82, 2.24) is 14.7 Å². The molecule has 1 aliphatic rings. The Balaban J connectivity index is 1.76. The highest BCUT2D eigenvalue weighted by Crippen LogP contribution is 2.32. The third kappa shape index (κ3) is 3.61. The molecule has 0 aliphatic heterocycles. The molecule has 2 aromatic rings. The van der Waals surface area contributed by atoms with E-state index < -0.39 is 0 Å². The molecule has 1 fully saturated rings. The van der Waals surface area contributed by atoms with Crippen molar-refractivity contribution in [2.45, 2.75) is 50.6 Å². The molecule has 21 heavy (non-hydrogen) atoms. The first-order chi connectivity index (χ1) is 10.4. The summed E-state index contributed by atoms with van der Waals surface area (Å²) in [4.78, 5) is 4.84. The molecule has 114 valence electrons. The van der Waals surface area contributed by atoms with Crippen molar-refractivity contribution in [2.24, 2.45) is 5.92 Å². The van der Waals surface area contributed by atoms with E-state index in [2.05, 4.69) is 41.0 Å². The van der Waals surface area contributed by atoms with E-state index in [1.807, 2.05) is 11.8 Å². The van der Waals surface area contributed by atoms with Gasteiger partial charge in [-0.3, -0.25) is 0 Å². The summed E-state index contributed by atoms with van der Waals surface area (Å²) in [6.07, 6.45) is 8.95. The van der Waals surface area contributed by atoms with E-state index in [4.69, 9.17) is 4.98 Å². The molecule has 4 heteroatoms. The van der Waals surface area contributed by atoms with Crippen LogP contribution in [0.25, 0.3) is 5.65 Å². The van der Waals surface area contributed by atoms with Crippen LogP contribution in [0.3, 0.4) is 0 Å². The SMILES string of the molecule is CCCNCc1c(SCC2CCCC2)nc2ccccn12. The Morgan fingerprint density at radius 3 is 3.00 bits per heavy atom. The highest BCUT2D eigenvalue weighted by atomic mass is 32.2. The number of fused-ring (bicyclic) bond motifs is 1. The van der Waals surface area contributed by atoms with Crippen molar-refractivity contribution in [3.05, 3.63) is 30.1 Å². The number of thioether (sulfide) groups is 1. The quantitative estimate of drug-likeness (QED) is 0.616. The number of hydrogen-bond donors (Lipinski definition) is 1. The maximum atomic E-state index is 4.84. The fourth-order valence-electron chi connectivity index (χ4n) is 3.06. The minimum absolute atomic E-state index is 0.899. The summed E-state index contributed by atoms with van der Waals surface area (Å²) in [6, 6.07) is 6.25. The Morgan fingerprint density at radius 2 is 2.19 bits per heavy atom. The lowest BCUT2D eigenvalue weighted by Gasteiger charge is -2.09. The lowest BCUT2D eigenvalue weighted by Crippen LogP contribution is -2.15. The molecule has 2 heterocycles. The molecule has 0 spiro atoms. The molecule has 0 atom stereocenters. The summed E-state index contributed by atoms with van der Waals surface area (Å²) < 4.78 is 2.24. The monoisotopic (exact) mass is 303 g/mol. The lowest BCUT2D eigenvalue weighted by atomic mass is 10.1. The van der Waals surface area contributed by atoms with Gasteiger partial charge in [-0.1, -0.05) is 25.8 Å². The normalized spacial score (nSPS) is 16.0. The van der Waals surface area contributed by atoms with Crippen molar-refractivity contribution in [3.63, 3.8) is 0 Å². The maximum absolute atomic E-state index is 4.84. The zero-order valence-electron chi connectivity index (χ0n) is 12.8. The number of nitrogens with zero attached hydrogens (tertiary/aromatic N) is 2. The van der Waals surface area contributed by atoms with Crippen LogP contribution >= 0.6 is 11.8 Å². The van der Waals surface area contributed by atoms with Gasteiger partial charge in [0.05, 0.1) is 5.69 Å². The zero-order chi connectivity index (χ0) is 14.5. The predicted octanol–water partition coefficient (Wildman–Crippen LogP) is 4.12. The van der Waals surface area contributed by atoms with Gasteiger partial charge in [-0.05, 0) is 43.9 Å². The van der Waals surface area contributed by atoms with Crippen LogP contribution in [0.1, 0.15) is 44.7 Å². The molecular weight excluding hydrogens is 278 g/mol. The predicted molar refractivity (Wildman–Crippen MR) is 89.9 cm³/mol. The van der Waals surface area contributed by atoms with Gasteiger partial charge >= 0.3 is 0 Å². The van der Waals surface area contributed by atoms with E-state index >= 15 is 0 Å². The molecule has 0 amide bonds. The van der Waals surface area contributed by atoms with Crippen molar-refractivity contribution < 1.29 is 0 Å². The Kier molecular flexibility index (Phi) is 5.20. The number of imidazole rings is 1. The van der Waals surface area contributed by atoms with Gasteiger partial charge in [0.25, 0.3) is 0 Å². The summed E-state index contributed by atoms with van der Waals surface area (Å²) in [5.74, 6) is 2.13. The van der Waals surface area contributed by atoms with E-state index in [0.29, 0.717) is 0 Å². The van der Waals surface area contributed by atoms with Gasteiger partial charge in [0.2, 0.25) is 0 Å². The fraction of sp³-hybridized carbons (Fsp3) is 0.588. The van der Waals surface area contributed by atoms with Crippen LogP contribution < -0.4 is 5.32 Å². The number of hydrogen-bond acceptors (Lipinski definition) is 3. The van der Waals surface area contributed by atoms with Crippen LogP contribution in [0.5, 0.6) is 0 Å². The summed E-state index contributed by atoms with van der Waals surface area (Å²) in [6.45, 7) is 4.18.